The van der Waals surface area contributed by atoms with Crippen LogP contribution in [-0.4, -0.2) is 42.1 Å². The van der Waals surface area contributed by atoms with Crippen molar-refractivity contribution < 1.29 is 0 Å². The van der Waals surface area contributed by atoms with Crippen LogP contribution in [0.5, 0.6) is 0 Å². The van der Waals surface area contributed by atoms with Crippen molar-refractivity contribution in [3.05, 3.63) is 41.6 Å². The molecule has 0 atom stereocenters. The first kappa shape index (κ1) is 16.2. The topological polar surface area (TPSA) is 53.1 Å². The van der Waals surface area contributed by atoms with Gasteiger partial charge in [-0.05, 0) is 70.2 Å². The molecule has 0 radical (unpaired) electrons. The van der Waals surface area contributed by atoms with E-state index in [1.54, 1.807) is 6.20 Å². The lowest BCUT2D eigenvalue weighted by Gasteiger charge is -2.11. The summed E-state index contributed by atoms with van der Waals surface area (Å²) in [6, 6.07) is 8.18. The second-order valence-corrected chi connectivity index (χ2v) is 5.77. The second kappa shape index (κ2) is 7.75. The molecule has 1 aromatic heterocycles. The second-order valence-electron chi connectivity index (χ2n) is 5.77. The minimum Gasteiger partial charge on any atom is -0.354 e. The molecule has 0 unspecified atom stereocenters. The van der Waals surface area contributed by atoms with E-state index in [4.69, 9.17) is 0 Å². The number of nitrogens with one attached hydrogen (secondary N) is 2. The molecule has 0 saturated carbocycles. The van der Waals surface area contributed by atoms with Gasteiger partial charge in [-0.3, -0.25) is 0 Å². The summed E-state index contributed by atoms with van der Waals surface area (Å²) in [4.78, 5) is 10.9. The molecule has 0 aliphatic heterocycles. The predicted molar refractivity (Wildman–Crippen MR) is 92.9 cm³/mol. The SMILES string of the molecule is Cc1ccc(Nc2ccnc(NCCCN(C)C)n2)cc1C. The summed E-state index contributed by atoms with van der Waals surface area (Å²) < 4.78 is 0. The highest BCUT2D eigenvalue weighted by molar-refractivity contribution is 5.58. The van der Waals surface area contributed by atoms with Gasteiger partial charge in [-0.15, -0.1) is 0 Å². The number of hydrogen-bond acceptors (Lipinski definition) is 5. The van der Waals surface area contributed by atoms with Gasteiger partial charge in [-0.1, -0.05) is 6.07 Å². The molecule has 0 bridgehead atoms. The highest BCUT2D eigenvalue weighted by Gasteiger charge is 2.01. The zero-order chi connectivity index (χ0) is 15.9. The normalized spacial score (nSPS) is 10.8. The lowest BCUT2D eigenvalue weighted by Crippen LogP contribution is -2.17. The van der Waals surface area contributed by atoms with Crippen LogP contribution in [0.25, 0.3) is 0 Å². The van der Waals surface area contributed by atoms with Gasteiger partial charge in [0, 0.05) is 18.4 Å². The van der Waals surface area contributed by atoms with E-state index in [2.05, 4.69) is 71.6 Å². The number of rotatable bonds is 7. The van der Waals surface area contributed by atoms with Crippen molar-refractivity contribution in [1.29, 1.82) is 0 Å². The number of nitrogens with zero attached hydrogens (tertiary/aromatic N) is 3. The summed E-state index contributed by atoms with van der Waals surface area (Å²) in [5.41, 5.74) is 3.60. The summed E-state index contributed by atoms with van der Waals surface area (Å²) >= 11 is 0. The summed E-state index contributed by atoms with van der Waals surface area (Å²) in [7, 11) is 4.15. The quantitative estimate of drug-likeness (QED) is 0.769. The van der Waals surface area contributed by atoms with Crippen molar-refractivity contribution in [3.8, 4) is 0 Å². The Labute approximate surface area is 132 Å². The lowest BCUT2D eigenvalue weighted by molar-refractivity contribution is 0.405. The molecule has 0 aliphatic carbocycles. The Balaban J connectivity index is 1.94. The molecular weight excluding hydrogens is 274 g/mol. The Morgan fingerprint density at radius 1 is 1.09 bits per heavy atom. The van der Waals surface area contributed by atoms with Gasteiger partial charge in [-0.2, -0.15) is 4.98 Å². The maximum Gasteiger partial charge on any atom is 0.224 e. The summed E-state index contributed by atoms with van der Waals surface area (Å²) in [6.45, 7) is 6.14. The van der Waals surface area contributed by atoms with Crippen molar-refractivity contribution in [2.24, 2.45) is 0 Å². The molecule has 0 fully saturated rings. The van der Waals surface area contributed by atoms with Crippen molar-refractivity contribution in [1.82, 2.24) is 14.9 Å². The van der Waals surface area contributed by atoms with Gasteiger partial charge in [0.25, 0.3) is 0 Å². The van der Waals surface area contributed by atoms with Gasteiger partial charge in [0.1, 0.15) is 5.82 Å². The third-order valence-corrected chi connectivity index (χ3v) is 3.50. The van der Waals surface area contributed by atoms with Crippen molar-refractivity contribution >= 4 is 17.5 Å². The fraction of sp³-hybridized carbons (Fsp3) is 0.412. The fourth-order valence-electron chi connectivity index (χ4n) is 2.08. The Bertz CT molecular complexity index is 610. The monoisotopic (exact) mass is 299 g/mol. The third-order valence-electron chi connectivity index (χ3n) is 3.50. The van der Waals surface area contributed by atoms with E-state index in [1.165, 1.54) is 11.1 Å². The van der Waals surface area contributed by atoms with Gasteiger partial charge in [-0.25, -0.2) is 4.98 Å². The number of hydrogen-bond donors (Lipinski definition) is 2. The molecule has 2 rings (SSSR count). The van der Waals surface area contributed by atoms with Crippen LogP contribution in [0.3, 0.4) is 0 Å². The first-order valence-electron chi connectivity index (χ1n) is 7.60. The van der Waals surface area contributed by atoms with Crippen LogP contribution in [0.4, 0.5) is 17.5 Å². The molecule has 5 nitrogen and oxygen atoms in total. The molecule has 2 aromatic rings. The molecule has 1 heterocycles. The van der Waals surface area contributed by atoms with E-state index in [-0.39, 0.29) is 0 Å². The highest BCUT2D eigenvalue weighted by Crippen LogP contribution is 2.18. The molecule has 0 aliphatic rings. The van der Waals surface area contributed by atoms with Gasteiger partial charge in [0.2, 0.25) is 5.95 Å². The predicted octanol–water partition coefficient (Wildman–Crippen LogP) is 3.20. The molecule has 0 amide bonds. The number of aryl methyl sites for hydroxylation is 2. The van der Waals surface area contributed by atoms with E-state index in [0.717, 1.165) is 31.0 Å². The summed E-state index contributed by atoms with van der Waals surface area (Å²) in [5.74, 6) is 1.46. The van der Waals surface area contributed by atoms with Crippen LogP contribution in [0.15, 0.2) is 30.5 Å². The average Bonchev–Trinajstić information content (AvgIpc) is 2.48. The molecule has 1 aromatic carbocycles. The Morgan fingerprint density at radius 2 is 1.91 bits per heavy atom. The summed E-state index contributed by atoms with van der Waals surface area (Å²) in [6.07, 6.45) is 2.83. The Kier molecular flexibility index (Phi) is 5.72. The van der Waals surface area contributed by atoms with Gasteiger partial charge in [0.15, 0.2) is 0 Å². The third kappa shape index (κ3) is 5.00. The van der Waals surface area contributed by atoms with Crippen LogP contribution in [0, 0.1) is 13.8 Å². The van der Waals surface area contributed by atoms with Gasteiger partial charge in [0.05, 0.1) is 0 Å². The van der Waals surface area contributed by atoms with E-state index in [9.17, 15) is 0 Å². The lowest BCUT2D eigenvalue weighted by atomic mass is 10.1. The first-order valence-corrected chi connectivity index (χ1v) is 7.60. The zero-order valence-corrected chi connectivity index (χ0v) is 13.8. The highest BCUT2D eigenvalue weighted by atomic mass is 15.1. The minimum absolute atomic E-state index is 0.660. The van der Waals surface area contributed by atoms with E-state index in [0.29, 0.717) is 5.95 Å². The molecule has 0 saturated heterocycles. The molecule has 2 N–H and O–H groups in total. The van der Waals surface area contributed by atoms with Crippen molar-refractivity contribution in [3.63, 3.8) is 0 Å². The van der Waals surface area contributed by atoms with E-state index < -0.39 is 0 Å². The standard InChI is InChI=1S/C17H25N5/c1-13-6-7-15(12-14(13)2)20-16-8-10-19-17(21-16)18-9-5-11-22(3)4/h6-8,10,12H,5,9,11H2,1-4H3,(H2,18,19,20,21). The molecular formula is C17H25N5. The van der Waals surface area contributed by atoms with E-state index >= 15 is 0 Å². The van der Waals surface area contributed by atoms with Crippen LogP contribution in [0.2, 0.25) is 0 Å². The number of benzene rings is 1. The van der Waals surface area contributed by atoms with Crippen LogP contribution in [-0.2, 0) is 0 Å². The Morgan fingerprint density at radius 3 is 2.64 bits per heavy atom. The molecule has 5 heteroatoms. The molecule has 0 spiro atoms. The van der Waals surface area contributed by atoms with Crippen LogP contribution in [0.1, 0.15) is 17.5 Å². The molecule has 118 valence electrons. The van der Waals surface area contributed by atoms with E-state index in [1.807, 2.05) is 6.07 Å². The van der Waals surface area contributed by atoms with Crippen molar-refractivity contribution in [2.45, 2.75) is 20.3 Å². The number of anilines is 3. The first-order chi connectivity index (χ1) is 10.5. The van der Waals surface area contributed by atoms with Crippen molar-refractivity contribution in [2.75, 3.05) is 37.8 Å². The van der Waals surface area contributed by atoms with Gasteiger partial charge >= 0.3 is 0 Å². The smallest absolute Gasteiger partial charge is 0.224 e. The maximum absolute atomic E-state index is 4.49. The zero-order valence-electron chi connectivity index (χ0n) is 13.8. The van der Waals surface area contributed by atoms with Crippen LogP contribution >= 0.6 is 0 Å². The average molecular weight is 299 g/mol. The maximum atomic E-state index is 4.49. The Hall–Kier alpha value is -2.14. The number of aromatic nitrogens is 2. The molecule has 22 heavy (non-hydrogen) atoms. The van der Waals surface area contributed by atoms with Crippen LogP contribution < -0.4 is 10.6 Å². The summed E-state index contributed by atoms with van der Waals surface area (Å²) in [5, 5.41) is 6.58. The minimum atomic E-state index is 0.660. The van der Waals surface area contributed by atoms with Gasteiger partial charge < -0.3 is 15.5 Å². The fourth-order valence-corrected chi connectivity index (χ4v) is 2.08. The largest absolute Gasteiger partial charge is 0.354 e.